The van der Waals surface area contributed by atoms with Crippen molar-refractivity contribution in [1.82, 2.24) is 10.0 Å². The summed E-state index contributed by atoms with van der Waals surface area (Å²) in [4.78, 5) is 22.3. The van der Waals surface area contributed by atoms with Crippen LogP contribution in [0.1, 0.15) is 37.9 Å². The second kappa shape index (κ2) is 9.92. The highest BCUT2D eigenvalue weighted by Gasteiger charge is 2.28. The number of amides is 1. The molecule has 0 unspecified atom stereocenters. The van der Waals surface area contributed by atoms with E-state index in [2.05, 4.69) is 26.0 Å². The first kappa shape index (κ1) is 25.7. The molecule has 1 atom stereocenters. The Morgan fingerprint density at radius 1 is 1.25 bits per heavy atom. The summed E-state index contributed by atoms with van der Waals surface area (Å²) < 4.78 is 47.4. The molecule has 0 fully saturated rings. The van der Waals surface area contributed by atoms with Gasteiger partial charge in [0.1, 0.15) is 11.4 Å². The van der Waals surface area contributed by atoms with Crippen LogP contribution in [0.4, 0.5) is 14.9 Å². The number of hydrogen-bond acceptors (Lipinski definition) is 6. The zero-order valence-electron chi connectivity index (χ0n) is 17.8. The molecule has 0 aliphatic carbocycles. The molecule has 0 aliphatic heterocycles. The fourth-order valence-corrected chi connectivity index (χ4v) is 4.43. The third kappa shape index (κ3) is 7.24. The predicted molar refractivity (Wildman–Crippen MR) is 119 cm³/mol. The molecule has 0 aliphatic rings. The molecule has 12 heteroatoms. The van der Waals surface area contributed by atoms with Gasteiger partial charge in [0.05, 0.1) is 11.0 Å². The molecule has 0 saturated carbocycles. The van der Waals surface area contributed by atoms with Crippen molar-refractivity contribution in [3.8, 4) is 0 Å². The number of nitrogens with zero attached hydrogens (tertiary/aromatic N) is 1. The third-order valence-corrected chi connectivity index (χ3v) is 5.99. The molecule has 0 heterocycles. The smallest absolute Gasteiger partial charge is 0.408 e. The third-order valence-electron chi connectivity index (χ3n) is 4.06. The predicted octanol–water partition coefficient (Wildman–Crippen LogP) is 4.35. The zero-order valence-corrected chi connectivity index (χ0v) is 20.2. The molecule has 0 radical (unpaired) electrons. The van der Waals surface area contributed by atoms with Crippen molar-refractivity contribution in [2.24, 2.45) is 0 Å². The Hall–Kier alpha value is -2.57. The highest BCUT2D eigenvalue weighted by Crippen LogP contribution is 2.26. The summed E-state index contributed by atoms with van der Waals surface area (Å²) in [6.45, 7) is 6.14. The fourth-order valence-electron chi connectivity index (χ4n) is 2.75. The van der Waals surface area contributed by atoms with Crippen LogP contribution in [0.15, 0.2) is 45.8 Å². The van der Waals surface area contributed by atoms with Crippen molar-refractivity contribution >= 4 is 37.7 Å². The van der Waals surface area contributed by atoms with E-state index in [1.807, 2.05) is 0 Å². The number of carbonyl (C=O) groups excluding carboxylic acids is 1. The molecule has 1 amide bonds. The lowest BCUT2D eigenvalue weighted by Crippen LogP contribution is -2.40. The molecule has 2 N–H and O–H groups in total. The highest BCUT2D eigenvalue weighted by molar-refractivity contribution is 9.10. The van der Waals surface area contributed by atoms with Gasteiger partial charge in [0.2, 0.25) is 10.0 Å². The SMILES string of the molecule is Cc1ccc(S(=O)(=O)NC[C@@H](NC(=O)OC(C)(C)C)c2cc(F)cc(Br)c2)c([N+](=O)[O-])c1. The Morgan fingerprint density at radius 2 is 1.91 bits per heavy atom. The lowest BCUT2D eigenvalue weighted by Gasteiger charge is -2.24. The summed E-state index contributed by atoms with van der Waals surface area (Å²) in [5.41, 5.74) is -0.629. The minimum Gasteiger partial charge on any atom is -0.444 e. The lowest BCUT2D eigenvalue weighted by atomic mass is 10.1. The standard InChI is InChI=1S/C20H23BrFN3O6S/c1-12-5-6-18(17(7-12)25(27)28)32(29,30)23-11-16(24-19(26)31-20(2,3)4)13-8-14(21)10-15(22)9-13/h5-10,16,23H,11H2,1-4H3,(H,24,26)/t16-/m1/s1. The van der Waals surface area contributed by atoms with Gasteiger partial charge in [-0.1, -0.05) is 22.0 Å². The first-order valence-corrected chi connectivity index (χ1v) is 11.7. The second-order valence-corrected chi connectivity index (χ2v) is 10.6. The Balaban J connectivity index is 2.35. The largest absolute Gasteiger partial charge is 0.444 e. The minimum absolute atomic E-state index is 0.254. The number of ether oxygens (including phenoxy) is 1. The maximum atomic E-state index is 13.9. The van der Waals surface area contributed by atoms with Crippen LogP contribution in [0.2, 0.25) is 0 Å². The van der Waals surface area contributed by atoms with Gasteiger partial charge in [-0.15, -0.1) is 0 Å². The average molecular weight is 532 g/mol. The lowest BCUT2D eigenvalue weighted by molar-refractivity contribution is -0.387. The number of nitro groups is 1. The monoisotopic (exact) mass is 531 g/mol. The van der Waals surface area contributed by atoms with Gasteiger partial charge in [-0.25, -0.2) is 22.3 Å². The van der Waals surface area contributed by atoms with Crippen LogP contribution in [0.5, 0.6) is 0 Å². The van der Waals surface area contributed by atoms with Crippen LogP contribution in [0.3, 0.4) is 0 Å². The van der Waals surface area contributed by atoms with E-state index in [0.717, 1.165) is 18.2 Å². The quantitative estimate of drug-likeness (QED) is 0.403. The topological polar surface area (TPSA) is 128 Å². The molecule has 0 bridgehead atoms. The molecule has 174 valence electrons. The number of carbonyl (C=O) groups is 1. The molecule has 9 nitrogen and oxygen atoms in total. The number of alkyl carbamates (subject to hydrolysis) is 1. The Morgan fingerprint density at radius 3 is 2.47 bits per heavy atom. The molecule has 2 aromatic carbocycles. The normalized spacial score (nSPS) is 12.8. The maximum Gasteiger partial charge on any atom is 0.408 e. The van der Waals surface area contributed by atoms with E-state index in [4.69, 9.17) is 4.74 Å². The number of halogens is 2. The van der Waals surface area contributed by atoms with E-state index in [-0.39, 0.29) is 5.56 Å². The number of sulfonamides is 1. The first-order chi connectivity index (χ1) is 14.7. The number of rotatable bonds is 7. The zero-order chi connectivity index (χ0) is 24.3. The average Bonchev–Trinajstić information content (AvgIpc) is 2.62. The van der Waals surface area contributed by atoms with Gasteiger partial charge < -0.3 is 10.1 Å². The summed E-state index contributed by atoms with van der Waals surface area (Å²) in [6, 6.07) is 6.52. The Kier molecular flexibility index (Phi) is 7.97. The molecule has 2 rings (SSSR count). The van der Waals surface area contributed by atoms with Crippen molar-refractivity contribution in [1.29, 1.82) is 0 Å². The fraction of sp³-hybridized carbons (Fsp3) is 0.350. The molecule has 0 spiro atoms. The molecule has 2 aromatic rings. The Bertz CT molecular complexity index is 1110. The van der Waals surface area contributed by atoms with Gasteiger partial charge in [-0.2, -0.15) is 0 Å². The van der Waals surface area contributed by atoms with Crippen molar-refractivity contribution in [3.05, 3.63) is 67.9 Å². The van der Waals surface area contributed by atoms with E-state index in [9.17, 15) is 27.7 Å². The number of nitrogens with one attached hydrogen (secondary N) is 2. The van der Waals surface area contributed by atoms with Gasteiger partial charge in [0.15, 0.2) is 4.90 Å². The summed E-state index contributed by atoms with van der Waals surface area (Å²) in [5.74, 6) is -0.609. The van der Waals surface area contributed by atoms with Crippen LogP contribution >= 0.6 is 15.9 Å². The van der Waals surface area contributed by atoms with Gasteiger partial charge in [-0.3, -0.25) is 10.1 Å². The molecule has 0 saturated heterocycles. The summed E-state index contributed by atoms with van der Waals surface area (Å²) >= 11 is 3.16. The van der Waals surface area contributed by atoms with Crippen LogP contribution in [-0.4, -0.2) is 31.6 Å². The first-order valence-electron chi connectivity index (χ1n) is 9.38. The van der Waals surface area contributed by atoms with E-state index >= 15 is 0 Å². The van der Waals surface area contributed by atoms with E-state index < -0.39 is 55.6 Å². The number of nitro benzene ring substituents is 1. The van der Waals surface area contributed by atoms with Gasteiger partial charge in [0, 0.05) is 17.1 Å². The van der Waals surface area contributed by atoms with Crippen LogP contribution in [0.25, 0.3) is 0 Å². The van der Waals surface area contributed by atoms with Crippen molar-refractivity contribution in [3.63, 3.8) is 0 Å². The van der Waals surface area contributed by atoms with Gasteiger partial charge >= 0.3 is 6.09 Å². The second-order valence-electron chi connectivity index (χ2n) is 7.98. The van der Waals surface area contributed by atoms with Crippen molar-refractivity contribution in [2.45, 2.75) is 44.2 Å². The molecule has 32 heavy (non-hydrogen) atoms. The van der Waals surface area contributed by atoms with Crippen molar-refractivity contribution < 1.29 is 27.3 Å². The van der Waals surface area contributed by atoms with Crippen LogP contribution < -0.4 is 10.0 Å². The molecule has 0 aromatic heterocycles. The highest BCUT2D eigenvalue weighted by atomic mass is 79.9. The minimum atomic E-state index is -4.34. The summed E-state index contributed by atoms with van der Waals surface area (Å²) in [6.07, 6.45) is -0.844. The number of benzene rings is 2. The number of hydrogen-bond donors (Lipinski definition) is 2. The molecular weight excluding hydrogens is 509 g/mol. The summed E-state index contributed by atoms with van der Waals surface area (Å²) in [7, 11) is -4.34. The van der Waals surface area contributed by atoms with Crippen molar-refractivity contribution in [2.75, 3.05) is 6.54 Å². The molecular formula is C20H23BrFN3O6S. The van der Waals surface area contributed by atoms with E-state index in [1.165, 1.54) is 18.2 Å². The van der Waals surface area contributed by atoms with E-state index in [1.54, 1.807) is 27.7 Å². The van der Waals surface area contributed by atoms with E-state index in [0.29, 0.717) is 10.0 Å². The van der Waals surface area contributed by atoms with Gasteiger partial charge in [-0.05, 0) is 63.1 Å². The maximum absolute atomic E-state index is 13.9. The van der Waals surface area contributed by atoms with Gasteiger partial charge in [0.25, 0.3) is 5.69 Å². The van der Waals surface area contributed by atoms with Crippen LogP contribution in [0, 0.1) is 22.9 Å². The summed E-state index contributed by atoms with van der Waals surface area (Å²) in [5, 5.41) is 13.8. The number of aryl methyl sites for hydroxylation is 1. The Labute approximate surface area is 193 Å². The van der Waals surface area contributed by atoms with Crippen LogP contribution in [-0.2, 0) is 14.8 Å².